The van der Waals surface area contributed by atoms with Crippen molar-refractivity contribution in [3.05, 3.63) is 53.5 Å². The lowest BCUT2D eigenvalue weighted by Gasteiger charge is -2.28. The van der Waals surface area contributed by atoms with Crippen LogP contribution in [0, 0.1) is 6.92 Å². The van der Waals surface area contributed by atoms with Crippen molar-refractivity contribution in [3.63, 3.8) is 0 Å². The lowest BCUT2D eigenvalue weighted by Crippen LogP contribution is -2.46. The van der Waals surface area contributed by atoms with Gasteiger partial charge < -0.3 is 14.8 Å². The van der Waals surface area contributed by atoms with Crippen molar-refractivity contribution >= 4 is 15.9 Å². The van der Waals surface area contributed by atoms with Gasteiger partial charge in [0.2, 0.25) is 21.5 Å². The molecule has 0 aliphatic heterocycles. The molecule has 28 heavy (non-hydrogen) atoms. The van der Waals surface area contributed by atoms with Gasteiger partial charge in [0.15, 0.2) is 0 Å². The third-order valence-corrected chi connectivity index (χ3v) is 5.01. The van der Waals surface area contributed by atoms with Crippen molar-refractivity contribution in [1.29, 1.82) is 0 Å². The fraction of sp³-hybridized carbons (Fsp3) is 0.353. The topological polar surface area (TPSA) is 123 Å². The van der Waals surface area contributed by atoms with Crippen LogP contribution in [0.25, 0.3) is 0 Å². The zero-order chi connectivity index (χ0) is 21.3. The standard InChI is InChI=1S/C17H19F3N2O5S/c1-10-6-7-14(27-10)16(24,17(18,19)20)9-15(23)22-11(2)12-4-3-5-13(8-12)28(21,25)26/h3-8,11,24H,9H2,1-2H3,(H,22,23)(H2,21,25,26)/t11-,16-/m1/s1. The van der Waals surface area contributed by atoms with E-state index in [-0.39, 0.29) is 10.7 Å². The number of aliphatic hydroxyl groups is 1. The first-order valence-electron chi connectivity index (χ1n) is 8.02. The Morgan fingerprint density at radius 1 is 1.29 bits per heavy atom. The normalized spacial score (nSPS) is 15.7. The maximum absolute atomic E-state index is 13.4. The first-order chi connectivity index (χ1) is 12.7. The number of carbonyl (C=O) groups is 1. The summed E-state index contributed by atoms with van der Waals surface area (Å²) < 4.78 is 68.0. The number of alkyl halides is 3. The summed E-state index contributed by atoms with van der Waals surface area (Å²) in [5.41, 5.74) is -3.20. The molecule has 0 saturated carbocycles. The van der Waals surface area contributed by atoms with Crippen molar-refractivity contribution in [2.75, 3.05) is 0 Å². The highest BCUT2D eigenvalue weighted by Gasteiger charge is 2.58. The molecule has 11 heteroatoms. The van der Waals surface area contributed by atoms with E-state index in [0.717, 1.165) is 6.07 Å². The number of amides is 1. The molecule has 0 aliphatic rings. The second-order valence-corrected chi connectivity index (χ2v) is 7.91. The molecular weight excluding hydrogens is 401 g/mol. The molecule has 2 aromatic rings. The van der Waals surface area contributed by atoms with Crippen molar-refractivity contribution in [2.24, 2.45) is 5.14 Å². The molecule has 2 atom stereocenters. The number of rotatable bonds is 6. The highest BCUT2D eigenvalue weighted by Crippen LogP contribution is 2.42. The van der Waals surface area contributed by atoms with Crippen molar-refractivity contribution in [1.82, 2.24) is 5.32 Å². The first kappa shape index (κ1) is 21.9. The third kappa shape index (κ3) is 4.72. The van der Waals surface area contributed by atoms with E-state index in [4.69, 9.17) is 9.56 Å². The Morgan fingerprint density at radius 2 is 1.93 bits per heavy atom. The van der Waals surface area contributed by atoms with Gasteiger partial charge >= 0.3 is 6.18 Å². The fourth-order valence-electron chi connectivity index (χ4n) is 2.55. The number of carbonyl (C=O) groups excluding carboxylic acids is 1. The van der Waals surface area contributed by atoms with Crippen LogP contribution in [0.3, 0.4) is 0 Å². The molecule has 7 nitrogen and oxygen atoms in total. The van der Waals surface area contributed by atoms with Crippen LogP contribution >= 0.6 is 0 Å². The van der Waals surface area contributed by atoms with Gasteiger partial charge in [0.25, 0.3) is 0 Å². The smallest absolute Gasteiger partial charge is 0.425 e. The number of sulfonamides is 1. The minimum Gasteiger partial charge on any atom is -0.463 e. The second kappa shape index (κ2) is 7.57. The molecule has 0 spiro atoms. The Hall–Kier alpha value is -2.37. The Balaban J connectivity index is 2.22. The lowest BCUT2D eigenvalue weighted by molar-refractivity contribution is -0.273. The van der Waals surface area contributed by atoms with E-state index in [0.29, 0.717) is 5.56 Å². The number of nitrogens with one attached hydrogen (secondary N) is 1. The number of hydrogen-bond acceptors (Lipinski definition) is 5. The van der Waals surface area contributed by atoms with Gasteiger partial charge in [-0.15, -0.1) is 0 Å². The van der Waals surface area contributed by atoms with E-state index < -0.39 is 45.9 Å². The van der Waals surface area contributed by atoms with Crippen molar-refractivity contribution in [3.8, 4) is 0 Å². The number of aryl methyl sites for hydroxylation is 1. The Morgan fingerprint density at radius 3 is 2.43 bits per heavy atom. The van der Waals surface area contributed by atoms with Crippen molar-refractivity contribution in [2.45, 2.75) is 43.0 Å². The first-order valence-corrected chi connectivity index (χ1v) is 9.57. The second-order valence-electron chi connectivity index (χ2n) is 6.35. The molecule has 1 aromatic heterocycles. The number of halogens is 3. The summed E-state index contributed by atoms with van der Waals surface area (Å²) in [6.45, 7) is 2.85. The minimum absolute atomic E-state index is 0.145. The van der Waals surface area contributed by atoms with Crippen LogP contribution in [-0.4, -0.2) is 25.6 Å². The van der Waals surface area contributed by atoms with E-state index in [2.05, 4.69) is 5.32 Å². The highest BCUT2D eigenvalue weighted by molar-refractivity contribution is 7.89. The predicted octanol–water partition coefficient (Wildman–Crippen LogP) is 2.25. The lowest BCUT2D eigenvalue weighted by atomic mass is 9.95. The monoisotopic (exact) mass is 420 g/mol. The molecule has 154 valence electrons. The zero-order valence-corrected chi connectivity index (χ0v) is 15.8. The molecule has 2 rings (SSSR count). The van der Waals surface area contributed by atoms with Crippen LogP contribution in [0.15, 0.2) is 45.7 Å². The van der Waals surface area contributed by atoms with Gasteiger partial charge in [-0.25, -0.2) is 13.6 Å². The summed E-state index contributed by atoms with van der Waals surface area (Å²) >= 11 is 0. The third-order valence-electron chi connectivity index (χ3n) is 4.10. The SMILES string of the molecule is Cc1ccc([C@](O)(CC(=O)N[C@H](C)c2cccc(S(N)(=O)=O)c2)C(F)(F)F)o1. The molecule has 1 aromatic carbocycles. The molecule has 0 radical (unpaired) electrons. The van der Waals surface area contributed by atoms with Gasteiger partial charge in [-0.05, 0) is 43.7 Å². The van der Waals surface area contributed by atoms with Gasteiger partial charge in [-0.1, -0.05) is 12.1 Å². The van der Waals surface area contributed by atoms with Gasteiger partial charge in [-0.2, -0.15) is 13.2 Å². The number of primary sulfonamides is 1. The van der Waals surface area contributed by atoms with Gasteiger partial charge in [0.1, 0.15) is 11.5 Å². The minimum atomic E-state index is -5.16. The molecular formula is C17H19F3N2O5S. The number of benzene rings is 1. The molecule has 0 fully saturated rings. The largest absolute Gasteiger partial charge is 0.463 e. The average Bonchev–Trinajstić information content (AvgIpc) is 3.00. The molecule has 4 N–H and O–H groups in total. The van der Waals surface area contributed by atoms with Gasteiger partial charge in [0.05, 0.1) is 17.4 Å². The van der Waals surface area contributed by atoms with Crippen LogP contribution in [0.1, 0.15) is 36.5 Å². The number of furan rings is 1. The van der Waals surface area contributed by atoms with Crippen LogP contribution < -0.4 is 10.5 Å². The Labute approximate surface area is 159 Å². The average molecular weight is 420 g/mol. The Bertz CT molecular complexity index is 971. The summed E-state index contributed by atoms with van der Waals surface area (Å²) in [6.07, 6.45) is -6.49. The Kier molecular flexibility index (Phi) is 5.93. The molecule has 1 heterocycles. The quantitative estimate of drug-likeness (QED) is 0.662. The number of nitrogens with two attached hydrogens (primary N) is 1. The van der Waals surface area contributed by atoms with E-state index >= 15 is 0 Å². The maximum Gasteiger partial charge on any atom is 0.425 e. The maximum atomic E-state index is 13.4. The predicted molar refractivity (Wildman–Crippen MR) is 92.4 cm³/mol. The highest BCUT2D eigenvalue weighted by atomic mass is 32.2. The van der Waals surface area contributed by atoms with Crippen LogP contribution in [0.5, 0.6) is 0 Å². The summed E-state index contributed by atoms with van der Waals surface area (Å²) in [4.78, 5) is 12.0. The molecule has 0 bridgehead atoms. The zero-order valence-electron chi connectivity index (χ0n) is 14.9. The van der Waals surface area contributed by atoms with E-state index in [1.165, 1.54) is 44.2 Å². The molecule has 0 aliphatic carbocycles. The fourth-order valence-corrected chi connectivity index (χ4v) is 3.12. The summed E-state index contributed by atoms with van der Waals surface area (Å²) in [5, 5.41) is 17.5. The van der Waals surface area contributed by atoms with Crippen LogP contribution in [0.4, 0.5) is 13.2 Å². The number of hydrogen-bond donors (Lipinski definition) is 3. The van der Waals surface area contributed by atoms with E-state index in [9.17, 15) is 31.5 Å². The van der Waals surface area contributed by atoms with Gasteiger partial charge in [-0.3, -0.25) is 4.79 Å². The van der Waals surface area contributed by atoms with Gasteiger partial charge in [0, 0.05) is 0 Å². The molecule has 1 amide bonds. The van der Waals surface area contributed by atoms with Crippen LogP contribution in [-0.2, 0) is 20.4 Å². The van der Waals surface area contributed by atoms with Crippen LogP contribution in [0.2, 0.25) is 0 Å². The summed E-state index contributed by atoms with van der Waals surface area (Å²) in [7, 11) is -3.98. The van der Waals surface area contributed by atoms with Crippen molar-refractivity contribution < 1.29 is 35.9 Å². The molecule has 0 unspecified atom stereocenters. The summed E-state index contributed by atoms with van der Waals surface area (Å²) in [5.74, 6) is -1.76. The molecule has 0 saturated heterocycles. The summed E-state index contributed by atoms with van der Waals surface area (Å²) in [6, 6.07) is 6.66. The van der Waals surface area contributed by atoms with E-state index in [1.54, 1.807) is 0 Å². The van der Waals surface area contributed by atoms with E-state index in [1.807, 2.05) is 0 Å².